The molecule has 6 nitrogen and oxygen atoms in total. The monoisotopic (exact) mass is 520 g/mol. The highest BCUT2D eigenvalue weighted by Gasteiger charge is 2.29. The van der Waals surface area contributed by atoms with Crippen LogP contribution in [0.5, 0.6) is 5.75 Å². The number of rotatable bonds is 8. The molecule has 0 saturated carbocycles. The quantitative estimate of drug-likeness (QED) is 0.245. The van der Waals surface area contributed by atoms with Crippen molar-refractivity contribution in [1.29, 1.82) is 5.41 Å². The number of carbonyl (C=O) groups is 1. The van der Waals surface area contributed by atoms with E-state index >= 15 is 0 Å². The smallest absolute Gasteiger partial charge is 0.251 e. The maximum Gasteiger partial charge on any atom is 0.251 e. The Balaban J connectivity index is 0.00000186. The first-order valence-corrected chi connectivity index (χ1v) is 13.2. The highest BCUT2D eigenvalue weighted by molar-refractivity contribution is 6.31. The third-order valence-electron chi connectivity index (χ3n) is 6.55. The van der Waals surface area contributed by atoms with E-state index in [0.29, 0.717) is 40.0 Å². The van der Waals surface area contributed by atoms with E-state index < -0.39 is 0 Å². The molecule has 0 bridgehead atoms. The molecule has 1 saturated heterocycles. The molecule has 0 spiro atoms. The van der Waals surface area contributed by atoms with Gasteiger partial charge < -0.3 is 15.8 Å². The average Bonchev–Trinajstić information content (AvgIpc) is 3.28. The largest absolute Gasteiger partial charge is 0.489 e. The molecule has 1 amide bonds. The number of nitrogens with one attached hydrogen (secondary N) is 2. The van der Waals surface area contributed by atoms with Gasteiger partial charge in [-0.2, -0.15) is 0 Å². The summed E-state index contributed by atoms with van der Waals surface area (Å²) in [7, 11) is 2.14. The first kappa shape index (κ1) is 28.2. The van der Waals surface area contributed by atoms with Crippen LogP contribution in [0.2, 0.25) is 5.02 Å². The first-order valence-electron chi connectivity index (χ1n) is 12.8. The summed E-state index contributed by atoms with van der Waals surface area (Å²) < 4.78 is 6.17. The van der Waals surface area contributed by atoms with Crippen LogP contribution in [0.25, 0.3) is 0 Å². The van der Waals surface area contributed by atoms with Crippen molar-refractivity contribution in [2.75, 3.05) is 19.3 Å². The lowest BCUT2D eigenvalue weighted by atomic mass is 9.98. The van der Waals surface area contributed by atoms with Crippen molar-refractivity contribution in [2.45, 2.75) is 52.3 Å². The second kappa shape index (κ2) is 13.3. The highest BCUT2D eigenvalue weighted by atomic mass is 35.5. The summed E-state index contributed by atoms with van der Waals surface area (Å²) in [6.07, 6.45) is 2.31. The minimum Gasteiger partial charge on any atom is -0.489 e. The van der Waals surface area contributed by atoms with E-state index in [1.807, 2.05) is 56.3 Å². The molecule has 1 fully saturated rings. The van der Waals surface area contributed by atoms with Crippen molar-refractivity contribution in [3.05, 3.63) is 94.0 Å². The summed E-state index contributed by atoms with van der Waals surface area (Å²) in [6.45, 7) is 7.43. The van der Waals surface area contributed by atoms with E-state index in [-0.39, 0.29) is 17.7 Å². The summed E-state index contributed by atoms with van der Waals surface area (Å²) in [5, 5.41) is 12.2. The third-order valence-corrected chi connectivity index (χ3v) is 6.92. The first-order chi connectivity index (χ1) is 17.9. The van der Waals surface area contributed by atoms with Crippen LogP contribution in [-0.4, -0.2) is 42.3 Å². The Hall–Kier alpha value is -3.35. The van der Waals surface area contributed by atoms with Crippen LogP contribution in [0.4, 0.5) is 5.69 Å². The van der Waals surface area contributed by atoms with Gasteiger partial charge in [0.25, 0.3) is 5.91 Å². The molecule has 37 heavy (non-hydrogen) atoms. The molecule has 2 atom stereocenters. The standard InChI is InChI=1S/C28H31ClN4O2.C2H6/c1-3-21-15-23(17-33(21)2)35-22-11-8-18(9-12-22)27(31)24-14-19(10-13-26(24)30)28(34)32-16-20-6-4-5-7-25(20)29;1-2/h4-14,21,23,31H,3,15-17,30H2,1-2H3,(H,32,34);1-2H3. The predicted octanol–water partition coefficient (Wildman–Crippen LogP) is 6.16. The Morgan fingerprint density at radius 3 is 2.43 bits per heavy atom. The maximum atomic E-state index is 12.7. The minimum absolute atomic E-state index is 0.173. The van der Waals surface area contributed by atoms with Gasteiger partial charge in [0.05, 0.1) is 5.71 Å². The van der Waals surface area contributed by atoms with Crippen molar-refractivity contribution in [3.63, 3.8) is 0 Å². The van der Waals surface area contributed by atoms with E-state index in [1.54, 1.807) is 24.3 Å². The van der Waals surface area contributed by atoms with E-state index in [1.165, 1.54) is 0 Å². The van der Waals surface area contributed by atoms with Crippen molar-refractivity contribution < 1.29 is 9.53 Å². The van der Waals surface area contributed by atoms with Gasteiger partial charge in [-0.15, -0.1) is 0 Å². The topological polar surface area (TPSA) is 91.4 Å². The number of likely N-dealkylation sites (tertiary alicyclic amines) is 1. The molecule has 196 valence electrons. The molecule has 3 aromatic rings. The van der Waals surface area contributed by atoms with Gasteiger partial charge in [-0.3, -0.25) is 15.1 Å². The van der Waals surface area contributed by atoms with Gasteiger partial charge in [0.2, 0.25) is 0 Å². The lowest BCUT2D eigenvalue weighted by molar-refractivity contribution is 0.0951. The molecule has 4 N–H and O–H groups in total. The Morgan fingerprint density at radius 1 is 1.11 bits per heavy atom. The van der Waals surface area contributed by atoms with Gasteiger partial charge in [-0.25, -0.2) is 0 Å². The molecule has 4 rings (SSSR count). The number of nitrogen functional groups attached to an aromatic ring is 1. The van der Waals surface area contributed by atoms with Crippen molar-refractivity contribution in [2.24, 2.45) is 0 Å². The summed E-state index contributed by atoms with van der Waals surface area (Å²) in [5.74, 6) is 0.534. The number of nitrogens with two attached hydrogens (primary N) is 1. The molecule has 1 aliphatic rings. The van der Waals surface area contributed by atoms with Crippen molar-refractivity contribution in [3.8, 4) is 5.75 Å². The van der Waals surface area contributed by atoms with Crippen LogP contribution in [-0.2, 0) is 6.54 Å². The van der Waals surface area contributed by atoms with Crippen LogP contribution >= 0.6 is 11.6 Å². The molecule has 3 aromatic carbocycles. The fourth-order valence-corrected chi connectivity index (χ4v) is 4.68. The van der Waals surface area contributed by atoms with Crippen LogP contribution < -0.4 is 15.8 Å². The SMILES string of the molecule is CC.CCC1CC(Oc2ccc(C(=N)c3cc(C(=O)NCc4ccccc4Cl)ccc3N)cc2)CN1C. The van der Waals surface area contributed by atoms with Crippen molar-refractivity contribution >= 4 is 28.9 Å². The summed E-state index contributed by atoms with van der Waals surface area (Å²) in [5.41, 5.74) is 9.34. The normalized spacial score (nSPS) is 17.0. The molecular weight excluding hydrogens is 484 g/mol. The van der Waals surface area contributed by atoms with Crippen molar-refractivity contribution in [1.82, 2.24) is 10.2 Å². The van der Waals surface area contributed by atoms with E-state index in [9.17, 15) is 4.79 Å². The summed E-state index contributed by atoms with van der Waals surface area (Å²) in [4.78, 5) is 15.1. The summed E-state index contributed by atoms with van der Waals surface area (Å²) in [6, 6.07) is 20.4. The fourth-order valence-electron chi connectivity index (χ4n) is 4.47. The van der Waals surface area contributed by atoms with Gasteiger partial charge in [-0.1, -0.05) is 50.6 Å². The number of halogens is 1. The Kier molecular flexibility index (Phi) is 10.1. The van der Waals surface area contributed by atoms with Crippen LogP contribution in [0.3, 0.4) is 0 Å². The van der Waals surface area contributed by atoms with Gasteiger partial charge in [-0.05, 0) is 67.6 Å². The number of anilines is 1. The molecule has 7 heteroatoms. The molecular formula is C30H37ClN4O2. The number of nitrogens with zero attached hydrogens (tertiary/aromatic N) is 1. The zero-order chi connectivity index (χ0) is 26.9. The average molecular weight is 521 g/mol. The second-order valence-corrected chi connectivity index (χ2v) is 9.36. The number of hydrogen-bond donors (Lipinski definition) is 3. The molecule has 1 aliphatic heterocycles. The second-order valence-electron chi connectivity index (χ2n) is 8.95. The minimum atomic E-state index is -0.255. The Bertz CT molecular complexity index is 1210. The molecule has 1 heterocycles. The van der Waals surface area contributed by atoms with Gasteiger partial charge in [0, 0.05) is 53.0 Å². The van der Waals surface area contributed by atoms with Crippen LogP contribution in [0.15, 0.2) is 66.7 Å². The summed E-state index contributed by atoms with van der Waals surface area (Å²) >= 11 is 6.18. The molecule has 2 unspecified atom stereocenters. The van der Waals surface area contributed by atoms with Crippen LogP contribution in [0, 0.1) is 5.41 Å². The van der Waals surface area contributed by atoms with Gasteiger partial charge >= 0.3 is 0 Å². The van der Waals surface area contributed by atoms with Gasteiger partial charge in [0.15, 0.2) is 0 Å². The lowest BCUT2D eigenvalue weighted by Crippen LogP contribution is -2.25. The molecule has 0 aliphatic carbocycles. The number of likely N-dealkylation sites (N-methyl/N-ethyl adjacent to an activating group) is 1. The zero-order valence-electron chi connectivity index (χ0n) is 22.1. The number of benzene rings is 3. The Morgan fingerprint density at radius 2 is 1.78 bits per heavy atom. The van der Waals surface area contributed by atoms with E-state index in [2.05, 4.69) is 24.2 Å². The predicted molar refractivity (Wildman–Crippen MR) is 153 cm³/mol. The van der Waals surface area contributed by atoms with E-state index in [4.69, 9.17) is 27.5 Å². The molecule has 0 radical (unpaired) electrons. The fraction of sp³-hybridized carbons (Fsp3) is 0.333. The number of ether oxygens (including phenoxy) is 1. The molecule has 0 aromatic heterocycles. The number of hydrogen-bond acceptors (Lipinski definition) is 5. The lowest BCUT2D eigenvalue weighted by Gasteiger charge is -2.15. The van der Waals surface area contributed by atoms with Gasteiger partial charge in [0.1, 0.15) is 11.9 Å². The zero-order valence-corrected chi connectivity index (χ0v) is 22.8. The Labute approximate surface area is 225 Å². The maximum absolute atomic E-state index is 12.7. The van der Waals surface area contributed by atoms with Crippen LogP contribution in [0.1, 0.15) is 60.7 Å². The third kappa shape index (κ3) is 7.12. The number of carbonyl (C=O) groups excluding carboxylic acids is 1. The van der Waals surface area contributed by atoms with E-state index in [0.717, 1.165) is 30.7 Å². The highest BCUT2D eigenvalue weighted by Crippen LogP contribution is 2.25. The number of amides is 1.